The van der Waals surface area contributed by atoms with Gasteiger partial charge in [0.2, 0.25) is 11.0 Å². The fourth-order valence-corrected chi connectivity index (χ4v) is 2.98. The number of hydrogen-bond acceptors (Lipinski definition) is 8. The topological polar surface area (TPSA) is 100 Å². The number of carboxylic acid groups (broad SMARTS) is 1. The summed E-state index contributed by atoms with van der Waals surface area (Å²) in [5.74, 6) is -0.848. The molecule has 130 valence electrons. The third-order valence-electron chi connectivity index (χ3n) is 3.97. The predicted molar refractivity (Wildman–Crippen MR) is 94.8 cm³/mol. The Kier molecular flexibility index (Phi) is 4.18. The molecule has 0 amide bonds. The molecule has 4 rings (SSSR count). The van der Waals surface area contributed by atoms with E-state index in [4.69, 9.17) is 4.74 Å². The molecule has 8 heteroatoms. The molecule has 7 nitrogen and oxygen atoms in total. The molecular formula is C18H13N4O3S-. The van der Waals surface area contributed by atoms with E-state index in [9.17, 15) is 9.90 Å². The standard InChI is InChI=1S/C18H14N4O3S/c1-26-18-20-16-14(21-22-18)12-4-2-3-5-13(12)19-15(25-16)10-6-8-11(9-7-10)17(23)24/h2-9,15,19H,1H3,(H,23,24)/p-1/t15-/m1/s1. The van der Waals surface area contributed by atoms with Crippen LogP contribution in [-0.2, 0) is 0 Å². The van der Waals surface area contributed by atoms with E-state index in [1.54, 1.807) is 12.1 Å². The van der Waals surface area contributed by atoms with Crippen molar-refractivity contribution in [3.05, 3.63) is 59.7 Å². The van der Waals surface area contributed by atoms with Gasteiger partial charge in [-0.15, -0.1) is 10.2 Å². The van der Waals surface area contributed by atoms with Crippen LogP contribution in [0.25, 0.3) is 11.3 Å². The average Bonchev–Trinajstić information content (AvgIpc) is 2.84. The van der Waals surface area contributed by atoms with Gasteiger partial charge in [0.15, 0.2) is 11.9 Å². The van der Waals surface area contributed by atoms with Crippen LogP contribution in [0.5, 0.6) is 5.88 Å². The Balaban J connectivity index is 1.80. The summed E-state index contributed by atoms with van der Waals surface area (Å²) < 4.78 is 6.07. The Morgan fingerprint density at radius 3 is 2.65 bits per heavy atom. The summed E-state index contributed by atoms with van der Waals surface area (Å²) >= 11 is 1.37. The molecule has 0 fully saturated rings. The number of carbonyl (C=O) groups is 1. The average molecular weight is 365 g/mol. The van der Waals surface area contributed by atoms with Crippen LogP contribution >= 0.6 is 11.8 Å². The van der Waals surface area contributed by atoms with Crippen molar-refractivity contribution in [1.29, 1.82) is 0 Å². The summed E-state index contributed by atoms with van der Waals surface area (Å²) in [6, 6.07) is 14.0. The minimum atomic E-state index is -1.22. The third-order valence-corrected chi connectivity index (χ3v) is 4.50. The Morgan fingerprint density at radius 1 is 1.15 bits per heavy atom. The van der Waals surface area contributed by atoms with E-state index in [2.05, 4.69) is 20.5 Å². The zero-order chi connectivity index (χ0) is 18.1. The van der Waals surface area contributed by atoms with Crippen molar-refractivity contribution < 1.29 is 14.6 Å². The van der Waals surface area contributed by atoms with Crippen molar-refractivity contribution in [2.75, 3.05) is 11.6 Å². The van der Waals surface area contributed by atoms with Crippen LogP contribution in [0.15, 0.2) is 53.7 Å². The van der Waals surface area contributed by atoms with Crippen LogP contribution < -0.4 is 15.2 Å². The molecule has 0 aliphatic carbocycles. The molecular weight excluding hydrogens is 352 g/mol. The van der Waals surface area contributed by atoms with Gasteiger partial charge >= 0.3 is 0 Å². The summed E-state index contributed by atoms with van der Waals surface area (Å²) in [7, 11) is 0. The van der Waals surface area contributed by atoms with Crippen molar-refractivity contribution in [3.8, 4) is 17.1 Å². The second kappa shape index (κ2) is 6.64. The molecule has 1 N–H and O–H groups in total. The first kappa shape index (κ1) is 16.3. The number of aromatic carboxylic acids is 1. The number of rotatable bonds is 3. The molecule has 0 spiro atoms. The first-order chi connectivity index (χ1) is 12.7. The van der Waals surface area contributed by atoms with Crippen molar-refractivity contribution in [3.63, 3.8) is 0 Å². The highest BCUT2D eigenvalue weighted by molar-refractivity contribution is 7.98. The van der Waals surface area contributed by atoms with Crippen LogP contribution in [0.2, 0.25) is 0 Å². The summed E-state index contributed by atoms with van der Waals surface area (Å²) in [4.78, 5) is 15.4. The van der Waals surface area contributed by atoms with E-state index in [-0.39, 0.29) is 5.56 Å². The Labute approximate surface area is 153 Å². The fourth-order valence-electron chi connectivity index (χ4n) is 2.68. The number of nitrogens with one attached hydrogen (secondary N) is 1. The van der Waals surface area contributed by atoms with E-state index in [0.717, 1.165) is 16.8 Å². The lowest BCUT2D eigenvalue weighted by molar-refractivity contribution is -0.255. The number of nitrogens with zero attached hydrogens (tertiary/aromatic N) is 3. The Bertz CT molecular complexity index is 978. The van der Waals surface area contributed by atoms with Crippen molar-refractivity contribution in [2.45, 2.75) is 11.4 Å². The van der Waals surface area contributed by atoms with Gasteiger partial charge in [0.25, 0.3) is 0 Å². The van der Waals surface area contributed by atoms with Crippen LogP contribution in [0.3, 0.4) is 0 Å². The molecule has 2 aromatic carbocycles. The highest BCUT2D eigenvalue weighted by atomic mass is 32.2. The van der Waals surface area contributed by atoms with Crippen LogP contribution in [0.4, 0.5) is 5.69 Å². The number of carboxylic acids is 1. The molecule has 0 radical (unpaired) electrons. The molecule has 1 aliphatic rings. The molecule has 1 aromatic heterocycles. The minimum Gasteiger partial charge on any atom is -0.545 e. The molecule has 0 unspecified atom stereocenters. The van der Waals surface area contributed by atoms with Gasteiger partial charge in [0.1, 0.15) is 0 Å². The van der Waals surface area contributed by atoms with Gasteiger partial charge in [0, 0.05) is 16.8 Å². The van der Waals surface area contributed by atoms with Gasteiger partial charge < -0.3 is 20.0 Å². The number of benzene rings is 2. The lowest BCUT2D eigenvalue weighted by Gasteiger charge is -2.19. The van der Waals surface area contributed by atoms with Gasteiger partial charge in [0.05, 0.1) is 5.97 Å². The lowest BCUT2D eigenvalue weighted by Crippen LogP contribution is -2.22. The Hall–Kier alpha value is -3.13. The monoisotopic (exact) mass is 365 g/mol. The van der Waals surface area contributed by atoms with E-state index in [1.807, 2.05) is 30.5 Å². The quantitative estimate of drug-likeness (QED) is 0.705. The van der Waals surface area contributed by atoms with Gasteiger partial charge in [-0.1, -0.05) is 54.2 Å². The second-order valence-electron chi connectivity index (χ2n) is 5.55. The summed E-state index contributed by atoms with van der Waals surface area (Å²) in [5.41, 5.74) is 3.08. The zero-order valence-corrected chi connectivity index (χ0v) is 14.5. The predicted octanol–water partition coefficient (Wildman–Crippen LogP) is 2.13. The summed E-state index contributed by atoms with van der Waals surface area (Å²) in [5, 5.41) is 23.1. The first-order valence-electron chi connectivity index (χ1n) is 7.78. The molecule has 1 aliphatic heterocycles. The van der Waals surface area contributed by atoms with Gasteiger partial charge in [-0.3, -0.25) is 0 Å². The van der Waals surface area contributed by atoms with Crippen molar-refractivity contribution in [2.24, 2.45) is 0 Å². The minimum absolute atomic E-state index is 0.108. The molecule has 1 atom stereocenters. The largest absolute Gasteiger partial charge is 0.545 e. The maximum Gasteiger partial charge on any atom is 0.247 e. The van der Waals surface area contributed by atoms with E-state index in [0.29, 0.717) is 16.7 Å². The number of ether oxygens (including phenoxy) is 1. The van der Waals surface area contributed by atoms with Crippen molar-refractivity contribution in [1.82, 2.24) is 15.2 Å². The number of carbonyl (C=O) groups excluding carboxylic acids is 1. The third kappa shape index (κ3) is 2.95. The normalized spacial score (nSPS) is 15.0. The molecule has 26 heavy (non-hydrogen) atoms. The van der Waals surface area contributed by atoms with Gasteiger partial charge in [-0.05, 0) is 17.9 Å². The molecule has 3 aromatic rings. The summed E-state index contributed by atoms with van der Waals surface area (Å²) in [6.07, 6.45) is 1.31. The number of hydrogen-bond donors (Lipinski definition) is 1. The maximum atomic E-state index is 11.0. The number of thioether (sulfide) groups is 1. The number of fused-ring (bicyclic) bond motifs is 3. The summed E-state index contributed by atoms with van der Waals surface area (Å²) in [6.45, 7) is 0. The first-order valence-corrected chi connectivity index (χ1v) is 9.01. The van der Waals surface area contributed by atoms with Crippen LogP contribution in [-0.4, -0.2) is 27.4 Å². The zero-order valence-electron chi connectivity index (χ0n) is 13.7. The Morgan fingerprint density at radius 2 is 1.92 bits per heavy atom. The van der Waals surface area contributed by atoms with E-state index in [1.165, 1.54) is 23.9 Å². The van der Waals surface area contributed by atoms with Crippen LogP contribution in [0.1, 0.15) is 22.1 Å². The molecule has 0 saturated heterocycles. The van der Waals surface area contributed by atoms with Gasteiger partial charge in [-0.25, -0.2) is 0 Å². The van der Waals surface area contributed by atoms with Gasteiger partial charge in [-0.2, -0.15) is 4.98 Å². The lowest BCUT2D eigenvalue weighted by atomic mass is 10.1. The van der Waals surface area contributed by atoms with Crippen molar-refractivity contribution >= 4 is 23.4 Å². The SMILES string of the molecule is CSc1nnc2c(n1)O[C@H](c1ccc(C(=O)[O-])cc1)Nc1ccccc1-2. The molecule has 0 saturated carbocycles. The van der Waals surface area contributed by atoms with Crippen LogP contribution in [0, 0.1) is 0 Å². The second-order valence-corrected chi connectivity index (χ2v) is 6.32. The van der Waals surface area contributed by atoms with E-state index >= 15 is 0 Å². The fraction of sp³-hybridized carbons (Fsp3) is 0.111. The number of para-hydroxylation sites is 1. The van der Waals surface area contributed by atoms with E-state index < -0.39 is 12.2 Å². The smallest absolute Gasteiger partial charge is 0.247 e. The highest BCUT2D eigenvalue weighted by Gasteiger charge is 2.25. The number of aromatic nitrogens is 3. The maximum absolute atomic E-state index is 11.0. The number of anilines is 1. The highest BCUT2D eigenvalue weighted by Crippen LogP contribution is 2.39. The molecule has 2 heterocycles. The molecule has 0 bridgehead atoms.